The van der Waals surface area contributed by atoms with E-state index in [0.29, 0.717) is 10.6 Å². The van der Waals surface area contributed by atoms with Gasteiger partial charge in [-0.05, 0) is 47.9 Å². The number of benzene rings is 2. The second kappa shape index (κ2) is 5.68. The maximum atomic E-state index is 13.5. The molecule has 2 aromatic carbocycles. The van der Waals surface area contributed by atoms with Crippen LogP contribution in [0, 0.1) is 18.6 Å². The lowest BCUT2D eigenvalue weighted by Gasteiger charge is -2.15. The number of aliphatic hydroxyl groups excluding tert-OH is 1. The molecule has 0 aliphatic heterocycles. The molecule has 0 saturated carbocycles. The molecule has 4 heteroatoms. The van der Waals surface area contributed by atoms with Gasteiger partial charge < -0.3 is 5.11 Å². The van der Waals surface area contributed by atoms with Crippen LogP contribution in [0.4, 0.5) is 8.78 Å². The summed E-state index contributed by atoms with van der Waals surface area (Å²) in [6, 6.07) is 8.37. The minimum Gasteiger partial charge on any atom is -0.388 e. The van der Waals surface area contributed by atoms with Crippen molar-refractivity contribution in [2.24, 2.45) is 0 Å². The van der Waals surface area contributed by atoms with E-state index in [1.165, 1.54) is 0 Å². The van der Waals surface area contributed by atoms with Gasteiger partial charge in [-0.15, -0.1) is 0 Å². The van der Waals surface area contributed by atoms with Crippen molar-refractivity contribution in [3.8, 4) is 0 Å². The number of hydrogen-bond acceptors (Lipinski definition) is 1. The molecule has 1 N–H and O–H groups in total. The van der Waals surface area contributed by atoms with E-state index in [0.717, 1.165) is 23.8 Å². The van der Waals surface area contributed by atoms with E-state index in [-0.39, 0.29) is 12.0 Å². The highest BCUT2D eigenvalue weighted by Crippen LogP contribution is 2.27. The van der Waals surface area contributed by atoms with Gasteiger partial charge in [0.1, 0.15) is 11.6 Å². The van der Waals surface area contributed by atoms with Crippen molar-refractivity contribution >= 4 is 11.6 Å². The average molecular weight is 283 g/mol. The molecule has 0 amide bonds. The predicted molar refractivity (Wildman–Crippen MR) is 71.2 cm³/mol. The first-order valence-corrected chi connectivity index (χ1v) is 6.24. The van der Waals surface area contributed by atoms with E-state index in [2.05, 4.69) is 0 Å². The fourth-order valence-electron chi connectivity index (χ4n) is 2.00. The molecule has 2 rings (SSSR count). The SMILES string of the molecule is Cc1c(Cl)cccc1C(O)Cc1cc(F)ccc1F. The van der Waals surface area contributed by atoms with Crippen molar-refractivity contribution in [2.45, 2.75) is 19.4 Å². The van der Waals surface area contributed by atoms with Crippen molar-refractivity contribution in [3.63, 3.8) is 0 Å². The standard InChI is InChI=1S/C15H13ClF2O/c1-9-12(3-2-4-13(9)16)15(19)8-10-7-11(17)5-6-14(10)18/h2-7,15,19H,8H2,1H3. The second-order valence-electron chi connectivity index (χ2n) is 4.41. The first kappa shape index (κ1) is 14.0. The Morgan fingerprint density at radius 3 is 2.68 bits per heavy atom. The lowest BCUT2D eigenvalue weighted by Crippen LogP contribution is -2.06. The zero-order chi connectivity index (χ0) is 14.0. The Morgan fingerprint density at radius 2 is 1.95 bits per heavy atom. The smallest absolute Gasteiger partial charge is 0.126 e. The Hall–Kier alpha value is -1.45. The zero-order valence-corrected chi connectivity index (χ0v) is 11.1. The molecule has 100 valence electrons. The van der Waals surface area contributed by atoms with E-state index in [1.807, 2.05) is 0 Å². The zero-order valence-electron chi connectivity index (χ0n) is 10.3. The van der Waals surface area contributed by atoms with E-state index in [9.17, 15) is 13.9 Å². The molecule has 0 radical (unpaired) electrons. The van der Waals surface area contributed by atoms with Gasteiger partial charge in [0.2, 0.25) is 0 Å². The summed E-state index contributed by atoms with van der Waals surface area (Å²) >= 11 is 5.97. The summed E-state index contributed by atoms with van der Waals surface area (Å²) in [5, 5.41) is 10.7. The monoisotopic (exact) mass is 282 g/mol. The summed E-state index contributed by atoms with van der Waals surface area (Å²) in [6.45, 7) is 1.78. The summed E-state index contributed by atoms with van der Waals surface area (Å²) in [5.74, 6) is -1.05. The Bertz CT molecular complexity index is 599. The van der Waals surface area contributed by atoms with Gasteiger partial charge >= 0.3 is 0 Å². The van der Waals surface area contributed by atoms with Gasteiger partial charge in [0, 0.05) is 11.4 Å². The van der Waals surface area contributed by atoms with Crippen molar-refractivity contribution in [2.75, 3.05) is 0 Å². The van der Waals surface area contributed by atoms with E-state index in [4.69, 9.17) is 11.6 Å². The van der Waals surface area contributed by atoms with E-state index < -0.39 is 17.7 Å². The van der Waals surface area contributed by atoms with Crippen LogP contribution in [-0.4, -0.2) is 5.11 Å². The molecule has 0 aromatic heterocycles. The minimum atomic E-state index is -0.921. The van der Waals surface area contributed by atoms with Crippen molar-refractivity contribution in [1.82, 2.24) is 0 Å². The quantitative estimate of drug-likeness (QED) is 0.894. The summed E-state index contributed by atoms with van der Waals surface area (Å²) < 4.78 is 26.6. The van der Waals surface area contributed by atoms with Gasteiger partial charge in [-0.1, -0.05) is 23.7 Å². The van der Waals surface area contributed by atoms with Crippen LogP contribution >= 0.6 is 11.6 Å². The molecule has 1 nitrogen and oxygen atoms in total. The number of aliphatic hydroxyl groups is 1. The van der Waals surface area contributed by atoms with Crippen molar-refractivity contribution < 1.29 is 13.9 Å². The number of hydrogen-bond donors (Lipinski definition) is 1. The van der Waals surface area contributed by atoms with Gasteiger partial charge in [-0.2, -0.15) is 0 Å². The highest BCUT2D eigenvalue weighted by atomic mass is 35.5. The average Bonchev–Trinajstić information content (AvgIpc) is 2.37. The Labute approximate surface area is 115 Å². The molecule has 0 saturated heterocycles. The van der Waals surface area contributed by atoms with Gasteiger partial charge in [-0.25, -0.2) is 8.78 Å². The molecule has 0 aliphatic rings. The molecule has 0 heterocycles. The molecular formula is C15H13ClF2O. The van der Waals surface area contributed by atoms with Crippen LogP contribution in [0.2, 0.25) is 5.02 Å². The van der Waals surface area contributed by atoms with E-state index >= 15 is 0 Å². The second-order valence-corrected chi connectivity index (χ2v) is 4.82. The van der Waals surface area contributed by atoms with Gasteiger partial charge in [0.25, 0.3) is 0 Å². The normalized spacial score (nSPS) is 12.5. The topological polar surface area (TPSA) is 20.2 Å². The summed E-state index contributed by atoms with van der Waals surface area (Å²) in [7, 11) is 0. The molecule has 0 fully saturated rings. The van der Waals surface area contributed by atoms with Crippen LogP contribution in [0.1, 0.15) is 22.8 Å². The highest BCUT2D eigenvalue weighted by Gasteiger charge is 2.15. The fourth-order valence-corrected chi connectivity index (χ4v) is 2.18. The largest absolute Gasteiger partial charge is 0.388 e. The highest BCUT2D eigenvalue weighted by molar-refractivity contribution is 6.31. The summed E-state index contributed by atoms with van der Waals surface area (Å²) in [4.78, 5) is 0. The lowest BCUT2D eigenvalue weighted by molar-refractivity contribution is 0.176. The molecule has 2 aromatic rings. The third-order valence-corrected chi connectivity index (χ3v) is 3.50. The number of rotatable bonds is 3. The lowest BCUT2D eigenvalue weighted by atomic mass is 9.97. The fraction of sp³-hybridized carbons (Fsp3) is 0.200. The summed E-state index contributed by atoms with van der Waals surface area (Å²) in [6.07, 6.45) is -0.917. The van der Waals surface area contributed by atoms with Gasteiger partial charge in [0.05, 0.1) is 6.10 Å². The van der Waals surface area contributed by atoms with Crippen LogP contribution < -0.4 is 0 Å². The number of halogens is 3. The molecule has 0 spiro atoms. The Balaban J connectivity index is 2.28. The van der Waals surface area contributed by atoms with Crippen LogP contribution in [-0.2, 0) is 6.42 Å². The Kier molecular flexibility index (Phi) is 4.17. The first-order chi connectivity index (χ1) is 8.99. The third kappa shape index (κ3) is 3.11. The van der Waals surface area contributed by atoms with Crippen LogP contribution in [0.15, 0.2) is 36.4 Å². The van der Waals surface area contributed by atoms with Gasteiger partial charge in [0.15, 0.2) is 0 Å². The predicted octanol–water partition coefficient (Wildman–Crippen LogP) is 4.20. The molecule has 1 atom stereocenters. The molecule has 19 heavy (non-hydrogen) atoms. The van der Waals surface area contributed by atoms with Crippen molar-refractivity contribution in [1.29, 1.82) is 0 Å². The maximum absolute atomic E-state index is 13.5. The molecule has 0 aliphatic carbocycles. The molecule has 1 unspecified atom stereocenters. The first-order valence-electron chi connectivity index (χ1n) is 5.86. The molecule has 0 bridgehead atoms. The Morgan fingerprint density at radius 1 is 1.21 bits per heavy atom. The minimum absolute atomic E-state index is 0.00474. The van der Waals surface area contributed by atoms with E-state index in [1.54, 1.807) is 25.1 Å². The third-order valence-electron chi connectivity index (χ3n) is 3.09. The van der Waals surface area contributed by atoms with Gasteiger partial charge in [-0.3, -0.25) is 0 Å². The molecular weight excluding hydrogens is 270 g/mol. The van der Waals surface area contributed by atoms with Crippen molar-refractivity contribution in [3.05, 3.63) is 69.7 Å². The van der Waals surface area contributed by atoms with Crippen LogP contribution in [0.3, 0.4) is 0 Å². The summed E-state index contributed by atoms with van der Waals surface area (Å²) in [5.41, 5.74) is 1.51. The maximum Gasteiger partial charge on any atom is 0.126 e. The van der Waals surface area contributed by atoms with Crippen LogP contribution in [0.5, 0.6) is 0 Å². The van der Waals surface area contributed by atoms with Crippen LogP contribution in [0.25, 0.3) is 0 Å².